The number of nitrogens with zero attached hydrogens (tertiary/aromatic N) is 2. The summed E-state index contributed by atoms with van der Waals surface area (Å²) in [6.45, 7) is 8.14. The van der Waals surface area contributed by atoms with Crippen LogP contribution in [0.1, 0.15) is 73.3 Å². The molecule has 0 aliphatic heterocycles. The van der Waals surface area contributed by atoms with Crippen molar-refractivity contribution in [3.05, 3.63) is 40.7 Å². The number of aliphatic hydroxyl groups excluding tert-OH is 1. The molecule has 2 aliphatic carbocycles. The van der Waals surface area contributed by atoms with Crippen molar-refractivity contribution in [2.24, 2.45) is 11.1 Å². The first-order valence-electron chi connectivity index (χ1n) is 12.9. The maximum absolute atomic E-state index is 12.2. The smallest absolute Gasteiger partial charge is 0.250 e. The molecule has 192 valence electrons. The number of rotatable bonds is 10. The van der Waals surface area contributed by atoms with Crippen LogP contribution in [0, 0.1) is 12.3 Å². The first kappa shape index (κ1) is 25.7. The summed E-state index contributed by atoms with van der Waals surface area (Å²) in [6.07, 6.45) is 7.23. The Hall–Kier alpha value is -2.42. The Labute approximate surface area is 208 Å². The zero-order valence-corrected chi connectivity index (χ0v) is 21.3. The van der Waals surface area contributed by atoms with Crippen LogP contribution in [0.5, 0.6) is 0 Å². The number of hydrogen-bond donors (Lipinski definition) is 3. The number of aliphatic hydroxyl groups is 1. The van der Waals surface area contributed by atoms with Gasteiger partial charge in [0, 0.05) is 17.4 Å². The van der Waals surface area contributed by atoms with Gasteiger partial charge in [-0.1, -0.05) is 13.8 Å². The van der Waals surface area contributed by atoms with Gasteiger partial charge in [-0.2, -0.15) is 5.10 Å². The molecule has 35 heavy (non-hydrogen) atoms. The predicted molar refractivity (Wildman–Crippen MR) is 136 cm³/mol. The molecule has 1 aromatic carbocycles. The minimum atomic E-state index is -0.432. The number of fused-ring (bicyclic) bond motifs is 1. The van der Waals surface area contributed by atoms with Crippen molar-refractivity contribution in [3.63, 3.8) is 0 Å². The van der Waals surface area contributed by atoms with Gasteiger partial charge in [-0.15, -0.1) is 0 Å². The molecular formula is C27H40N4O4. The van der Waals surface area contributed by atoms with Crippen LogP contribution in [0.3, 0.4) is 0 Å². The van der Waals surface area contributed by atoms with Crippen molar-refractivity contribution >= 4 is 11.6 Å². The molecule has 0 spiro atoms. The number of nitrogens with two attached hydrogens (primary N) is 1. The van der Waals surface area contributed by atoms with Crippen LogP contribution in [0.25, 0.3) is 5.69 Å². The Morgan fingerprint density at radius 3 is 2.71 bits per heavy atom. The van der Waals surface area contributed by atoms with Crippen LogP contribution in [-0.2, 0) is 22.3 Å². The predicted octanol–water partition coefficient (Wildman–Crippen LogP) is 3.54. The van der Waals surface area contributed by atoms with Crippen molar-refractivity contribution in [2.45, 2.75) is 77.9 Å². The van der Waals surface area contributed by atoms with Gasteiger partial charge < -0.3 is 25.6 Å². The molecule has 1 saturated carbocycles. The summed E-state index contributed by atoms with van der Waals surface area (Å²) in [5, 5.41) is 17.2. The molecular weight excluding hydrogens is 444 g/mol. The number of carbonyl (C=O) groups excluding carboxylic acids is 1. The van der Waals surface area contributed by atoms with Crippen molar-refractivity contribution < 1.29 is 19.4 Å². The summed E-state index contributed by atoms with van der Waals surface area (Å²) >= 11 is 0. The van der Waals surface area contributed by atoms with E-state index >= 15 is 0 Å². The van der Waals surface area contributed by atoms with Gasteiger partial charge in [-0.3, -0.25) is 4.79 Å². The monoisotopic (exact) mass is 484 g/mol. The average Bonchev–Trinajstić information content (AvgIpc) is 3.14. The zero-order valence-electron chi connectivity index (χ0n) is 21.3. The first-order chi connectivity index (χ1) is 16.8. The molecule has 8 nitrogen and oxygen atoms in total. The molecule has 4 N–H and O–H groups in total. The normalized spacial score (nSPS) is 21.5. The van der Waals surface area contributed by atoms with Gasteiger partial charge in [-0.25, -0.2) is 4.68 Å². The third-order valence-corrected chi connectivity index (χ3v) is 7.35. The SMILES string of the molecule is Cc1nn(-c2ccc(C(N)=O)c(N[C@H]3CC[C@H](OCCOCCO)CC3)c2)c2c1CCC(C)(C)C2. The van der Waals surface area contributed by atoms with E-state index in [-0.39, 0.29) is 24.2 Å². The second-order valence-electron chi connectivity index (χ2n) is 10.7. The summed E-state index contributed by atoms with van der Waals surface area (Å²) in [6, 6.07) is 6.04. The van der Waals surface area contributed by atoms with Crippen molar-refractivity contribution in [1.29, 1.82) is 0 Å². The van der Waals surface area contributed by atoms with Crippen molar-refractivity contribution in [3.8, 4) is 5.69 Å². The van der Waals surface area contributed by atoms with Gasteiger partial charge in [0.2, 0.25) is 0 Å². The van der Waals surface area contributed by atoms with Crippen LogP contribution in [0.2, 0.25) is 0 Å². The standard InChI is InChI=1S/C27H40N4O4/c1-18-22-10-11-27(2,3)17-25(22)31(30-18)20-6-9-23(26(28)33)24(16-20)29-19-4-7-21(8-5-19)35-15-14-34-13-12-32/h6,9,16,19,21,29,32H,4-5,7-8,10-15,17H2,1-3H3,(H2,28,33)/t19-,21-. The van der Waals surface area contributed by atoms with Crippen LogP contribution in [-0.4, -0.2) is 59.4 Å². The molecule has 1 amide bonds. The second-order valence-corrected chi connectivity index (χ2v) is 10.7. The summed E-state index contributed by atoms with van der Waals surface area (Å²) in [7, 11) is 0. The molecule has 1 fully saturated rings. The van der Waals surface area contributed by atoms with Crippen LogP contribution in [0.4, 0.5) is 5.69 Å². The summed E-state index contributed by atoms with van der Waals surface area (Å²) in [5.41, 5.74) is 11.9. The van der Waals surface area contributed by atoms with E-state index in [4.69, 9.17) is 25.4 Å². The molecule has 0 saturated heterocycles. The van der Waals surface area contributed by atoms with E-state index in [1.165, 1.54) is 17.7 Å². The highest BCUT2D eigenvalue weighted by Gasteiger charge is 2.30. The van der Waals surface area contributed by atoms with E-state index < -0.39 is 5.91 Å². The molecule has 0 bridgehead atoms. The number of benzene rings is 1. The number of hydrogen-bond acceptors (Lipinski definition) is 6. The number of primary amides is 1. The Morgan fingerprint density at radius 2 is 2.00 bits per heavy atom. The molecule has 2 aliphatic rings. The third-order valence-electron chi connectivity index (χ3n) is 7.35. The minimum Gasteiger partial charge on any atom is -0.394 e. The molecule has 0 unspecified atom stereocenters. The average molecular weight is 485 g/mol. The van der Waals surface area contributed by atoms with Gasteiger partial charge in [0.25, 0.3) is 5.91 Å². The van der Waals surface area contributed by atoms with Crippen LogP contribution in [0.15, 0.2) is 18.2 Å². The maximum atomic E-state index is 12.2. The Kier molecular flexibility index (Phi) is 8.14. The van der Waals surface area contributed by atoms with E-state index in [0.717, 1.165) is 55.6 Å². The van der Waals surface area contributed by atoms with E-state index in [2.05, 4.69) is 30.8 Å². The lowest BCUT2D eigenvalue weighted by molar-refractivity contribution is -0.0164. The molecule has 1 aromatic heterocycles. The lowest BCUT2D eigenvalue weighted by Crippen LogP contribution is -2.31. The molecule has 2 aromatic rings. The fraction of sp³-hybridized carbons (Fsp3) is 0.630. The number of ether oxygens (including phenoxy) is 2. The highest BCUT2D eigenvalue weighted by Crippen LogP contribution is 2.37. The fourth-order valence-electron chi connectivity index (χ4n) is 5.37. The molecule has 0 radical (unpaired) electrons. The van der Waals surface area contributed by atoms with E-state index in [9.17, 15) is 4.79 Å². The van der Waals surface area contributed by atoms with Crippen LogP contribution < -0.4 is 11.1 Å². The Bertz CT molecular complexity index is 1020. The lowest BCUT2D eigenvalue weighted by atomic mass is 9.76. The Balaban J connectivity index is 1.46. The van der Waals surface area contributed by atoms with Gasteiger partial charge in [0.05, 0.1) is 49.5 Å². The number of nitrogens with one attached hydrogen (secondary N) is 1. The van der Waals surface area contributed by atoms with Crippen molar-refractivity contribution in [1.82, 2.24) is 9.78 Å². The largest absolute Gasteiger partial charge is 0.394 e. The molecule has 4 rings (SSSR count). The molecule has 1 heterocycles. The van der Waals surface area contributed by atoms with E-state index in [1.54, 1.807) is 0 Å². The number of aromatic nitrogens is 2. The fourth-order valence-corrected chi connectivity index (χ4v) is 5.37. The van der Waals surface area contributed by atoms with Gasteiger partial charge >= 0.3 is 0 Å². The lowest BCUT2D eigenvalue weighted by Gasteiger charge is -2.31. The maximum Gasteiger partial charge on any atom is 0.250 e. The molecule has 8 heteroatoms. The third kappa shape index (κ3) is 6.23. The van der Waals surface area contributed by atoms with E-state index in [0.29, 0.717) is 25.4 Å². The van der Waals surface area contributed by atoms with Gasteiger partial charge in [0.15, 0.2) is 0 Å². The molecule has 0 atom stereocenters. The van der Waals surface area contributed by atoms with Crippen LogP contribution >= 0.6 is 0 Å². The van der Waals surface area contributed by atoms with Gasteiger partial charge in [0.1, 0.15) is 0 Å². The quantitative estimate of drug-likeness (QED) is 0.445. The topological polar surface area (TPSA) is 112 Å². The number of amides is 1. The minimum absolute atomic E-state index is 0.0335. The second kappa shape index (κ2) is 11.1. The van der Waals surface area contributed by atoms with Gasteiger partial charge in [-0.05, 0) is 81.0 Å². The number of aryl methyl sites for hydroxylation is 1. The number of carbonyl (C=O) groups is 1. The summed E-state index contributed by atoms with van der Waals surface area (Å²) in [5.74, 6) is -0.432. The highest BCUT2D eigenvalue weighted by molar-refractivity contribution is 5.99. The number of anilines is 1. The summed E-state index contributed by atoms with van der Waals surface area (Å²) in [4.78, 5) is 12.2. The highest BCUT2D eigenvalue weighted by atomic mass is 16.5. The first-order valence-corrected chi connectivity index (χ1v) is 12.9. The summed E-state index contributed by atoms with van der Waals surface area (Å²) < 4.78 is 13.2. The van der Waals surface area contributed by atoms with Crippen molar-refractivity contribution in [2.75, 3.05) is 31.7 Å². The Morgan fingerprint density at radius 1 is 1.23 bits per heavy atom. The zero-order chi connectivity index (χ0) is 25.0. The van der Waals surface area contributed by atoms with E-state index in [1.807, 2.05) is 18.2 Å².